The maximum atomic E-state index is 5.56. The lowest BCUT2D eigenvalue weighted by Crippen LogP contribution is -2.15. The third-order valence-electron chi connectivity index (χ3n) is 3.96. The topological polar surface area (TPSA) is 51.8 Å². The molecule has 0 aliphatic rings. The standard InChI is InChI=1S/C16H25N3O/c1-6-16(4,5)9-13-14-15(20-10-17-14)12(18-19-13)8-7-11(2)3/h10-11H,6-9H2,1-5H3. The first-order valence-electron chi connectivity index (χ1n) is 7.50. The molecule has 2 aromatic rings. The molecule has 0 unspecified atom stereocenters. The maximum absolute atomic E-state index is 5.56. The fourth-order valence-corrected chi connectivity index (χ4v) is 2.16. The van der Waals surface area contributed by atoms with Crippen LogP contribution in [0.2, 0.25) is 0 Å². The van der Waals surface area contributed by atoms with E-state index in [2.05, 4.69) is 49.8 Å². The summed E-state index contributed by atoms with van der Waals surface area (Å²) in [6.45, 7) is 11.1. The van der Waals surface area contributed by atoms with E-state index in [0.717, 1.165) is 48.2 Å². The van der Waals surface area contributed by atoms with Crippen molar-refractivity contribution in [2.24, 2.45) is 11.3 Å². The van der Waals surface area contributed by atoms with Crippen LogP contribution in [-0.4, -0.2) is 15.2 Å². The Labute approximate surface area is 121 Å². The van der Waals surface area contributed by atoms with Gasteiger partial charge in [0, 0.05) is 0 Å². The van der Waals surface area contributed by atoms with E-state index in [4.69, 9.17) is 4.42 Å². The average Bonchev–Trinajstić information content (AvgIpc) is 2.87. The van der Waals surface area contributed by atoms with Crippen molar-refractivity contribution in [2.75, 3.05) is 0 Å². The van der Waals surface area contributed by atoms with Crippen LogP contribution in [0.5, 0.6) is 0 Å². The molecule has 110 valence electrons. The van der Waals surface area contributed by atoms with Gasteiger partial charge in [-0.15, -0.1) is 0 Å². The number of rotatable bonds is 6. The number of aromatic nitrogens is 3. The second kappa shape index (κ2) is 5.90. The average molecular weight is 275 g/mol. The number of oxazole rings is 1. The van der Waals surface area contributed by atoms with Crippen LogP contribution in [0.4, 0.5) is 0 Å². The van der Waals surface area contributed by atoms with Gasteiger partial charge in [0.2, 0.25) is 0 Å². The Hall–Kier alpha value is -1.45. The van der Waals surface area contributed by atoms with E-state index in [0.29, 0.717) is 5.92 Å². The normalized spacial score (nSPS) is 12.5. The van der Waals surface area contributed by atoms with E-state index in [1.165, 1.54) is 6.39 Å². The second-order valence-corrected chi connectivity index (χ2v) is 6.75. The molecule has 4 heteroatoms. The molecule has 0 spiro atoms. The quantitative estimate of drug-likeness (QED) is 0.793. The van der Waals surface area contributed by atoms with Gasteiger partial charge in [-0.3, -0.25) is 0 Å². The van der Waals surface area contributed by atoms with Crippen molar-refractivity contribution in [1.82, 2.24) is 15.2 Å². The van der Waals surface area contributed by atoms with Crippen LogP contribution in [0.25, 0.3) is 11.1 Å². The van der Waals surface area contributed by atoms with E-state index in [1.54, 1.807) is 0 Å². The summed E-state index contributed by atoms with van der Waals surface area (Å²) in [5, 5.41) is 8.80. The van der Waals surface area contributed by atoms with Crippen molar-refractivity contribution in [1.29, 1.82) is 0 Å². The lowest BCUT2D eigenvalue weighted by molar-refractivity contribution is 0.345. The third kappa shape index (κ3) is 3.35. The predicted molar refractivity (Wildman–Crippen MR) is 80.5 cm³/mol. The summed E-state index contributed by atoms with van der Waals surface area (Å²) in [4.78, 5) is 4.36. The molecule has 0 amide bonds. The molecule has 0 aliphatic heterocycles. The Morgan fingerprint density at radius 1 is 1.20 bits per heavy atom. The molecule has 0 saturated carbocycles. The summed E-state index contributed by atoms with van der Waals surface area (Å²) in [5.41, 5.74) is 3.81. The maximum Gasteiger partial charge on any atom is 0.182 e. The largest absolute Gasteiger partial charge is 0.441 e. The van der Waals surface area contributed by atoms with Gasteiger partial charge in [-0.05, 0) is 30.6 Å². The minimum atomic E-state index is 0.208. The first-order chi connectivity index (χ1) is 9.43. The minimum absolute atomic E-state index is 0.208. The zero-order valence-corrected chi connectivity index (χ0v) is 13.2. The van der Waals surface area contributed by atoms with Crippen LogP contribution in [-0.2, 0) is 12.8 Å². The molecule has 0 radical (unpaired) electrons. The van der Waals surface area contributed by atoms with Crippen molar-refractivity contribution < 1.29 is 4.42 Å². The Bertz CT molecular complexity index is 572. The van der Waals surface area contributed by atoms with E-state index in [1.807, 2.05) is 0 Å². The smallest absolute Gasteiger partial charge is 0.182 e. The molecule has 2 heterocycles. The van der Waals surface area contributed by atoms with Gasteiger partial charge >= 0.3 is 0 Å². The van der Waals surface area contributed by atoms with Crippen molar-refractivity contribution in [3.8, 4) is 0 Å². The van der Waals surface area contributed by atoms with Crippen LogP contribution < -0.4 is 0 Å². The van der Waals surface area contributed by atoms with Gasteiger partial charge < -0.3 is 4.42 Å². The van der Waals surface area contributed by atoms with E-state index in [9.17, 15) is 0 Å². The molecule has 2 rings (SSSR count). The van der Waals surface area contributed by atoms with Crippen LogP contribution in [0.15, 0.2) is 10.8 Å². The number of aryl methyl sites for hydroxylation is 1. The van der Waals surface area contributed by atoms with Gasteiger partial charge in [-0.2, -0.15) is 10.2 Å². The Kier molecular flexibility index (Phi) is 4.41. The SMILES string of the molecule is CCC(C)(C)Cc1nnc(CCC(C)C)c2ocnc12. The fraction of sp³-hybridized carbons (Fsp3) is 0.688. The van der Waals surface area contributed by atoms with E-state index < -0.39 is 0 Å². The molecule has 0 fully saturated rings. The predicted octanol–water partition coefficient (Wildman–Crippen LogP) is 4.19. The van der Waals surface area contributed by atoms with Crippen LogP contribution >= 0.6 is 0 Å². The van der Waals surface area contributed by atoms with Gasteiger partial charge in [0.05, 0.1) is 5.69 Å². The minimum Gasteiger partial charge on any atom is -0.441 e. The second-order valence-electron chi connectivity index (χ2n) is 6.75. The highest BCUT2D eigenvalue weighted by Gasteiger charge is 2.21. The van der Waals surface area contributed by atoms with Crippen LogP contribution in [0, 0.1) is 11.3 Å². The number of hydrogen-bond donors (Lipinski definition) is 0. The van der Waals surface area contributed by atoms with Crippen molar-refractivity contribution in [3.05, 3.63) is 17.8 Å². The summed E-state index contributed by atoms with van der Waals surface area (Å²) >= 11 is 0. The number of nitrogens with zero attached hydrogens (tertiary/aromatic N) is 3. The fourth-order valence-electron chi connectivity index (χ4n) is 2.16. The summed E-state index contributed by atoms with van der Waals surface area (Å²) in [6, 6.07) is 0. The summed E-state index contributed by atoms with van der Waals surface area (Å²) in [6.07, 6.45) is 5.47. The lowest BCUT2D eigenvalue weighted by Gasteiger charge is -2.21. The molecule has 0 atom stereocenters. The highest BCUT2D eigenvalue weighted by Crippen LogP contribution is 2.28. The first-order valence-corrected chi connectivity index (χ1v) is 7.50. The third-order valence-corrected chi connectivity index (χ3v) is 3.96. The highest BCUT2D eigenvalue weighted by atomic mass is 16.3. The van der Waals surface area contributed by atoms with Crippen LogP contribution in [0.1, 0.15) is 58.8 Å². The van der Waals surface area contributed by atoms with Gasteiger partial charge in [0.15, 0.2) is 12.0 Å². The van der Waals surface area contributed by atoms with Crippen LogP contribution in [0.3, 0.4) is 0 Å². The molecular weight excluding hydrogens is 250 g/mol. The van der Waals surface area contributed by atoms with Crippen molar-refractivity contribution >= 4 is 11.1 Å². The monoisotopic (exact) mass is 275 g/mol. The summed E-state index contributed by atoms with van der Waals surface area (Å²) < 4.78 is 5.56. The summed E-state index contributed by atoms with van der Waals surface area (Å²) in [5.74, 6) is 0.647. The Morgan fingerprint density at radius 2 is 1.90 bits per heavy atom. The summed E-state index contributed by atoms with van der Waals surface area (Å²) in [7, 11) is 0. The van der Waals surface area contributed by atoms with Crippen molar-refractivity contribution in [2.45, 2.75) is 60.3 Å². The first kappa shape index (κ1) is 14.9. The molecule has 0 aromatic carbocycles. The van der Waals surface area contributed by atoms with E-state index >= 15 is 0 Å². The Balaban J connectivity index is 2.31. The Morgan fingerprint density at radius 3 is 2.55 bits per heavy atom. The zero-order chi connectivity index (χ0) is 14.8. The highest BCUT2D eigenvalue weighted by molar-refractivity contribution is 5.76. The molecule has 0 N–H and O–H groups in total. The van der Waals surface area contributed by atoms with Gasteiger partial charge in [-0.25, -0.2) is 4.98 Å². The molecule has 0 bridgehead atoms. The van der Waals surface area contributed by atoms with Gasteiger partial charge in [-0.1, -0.05) is 41.0 Å². The zero-order valence-electron chi connectivity index (χ0n) is 13.2. The molecule has 20 heavy (non-hydrogen) atoms. The lowest BCUT2D eigenvalue weighted by atomic mass is 9.85. The molecule has 0 aliphatic carbocycles. The number of hydrogen-bond acceptors (Lipinski definition) is 4. The number of fused-ring (bicyclic) bond motifs is 1. The van der Waals surface area contributed by atoms with Gasteiger partial charge in [0.1, 0.15) is 11.2 Å². The molecule has 0 saturated heterocycles. The van der Waals surface area contributed by atoms with Crippen molar-refractivity contribution in [3.63, 3.8) is 0 Å². The molecular formula is C16H25N3O. The van der Waals surface area contributed by atoms with E-state index in [-0.39, 0.29) is 5.41 Å². The molecule has 4 nitrogen and oxygen atoms in total. The van der Waals surface area contributed by atoms with Gasteiger partial charge in [0.25, 0.3) is 0 Å². The molecule has 2 aromatic heterocycles.